The lowest BCUT2D eigenvalue weighted by atomic mass is 10.1. The van der Waals surface area contributed by atoms with Crippen LogP contribution in [0.25, 0.3) is 0 Å². The maximum Gasteiger partial charge on any atom is 0.319 e. The molecule has 0 atom stereocenters. The number of rotatable bonds is 7. The summed E-state index contributed by atoms with van der Waals surface area (Å²) in [6, 6.07) is 12.9. The highest BCUT2D eigenvalue weighted by Gasteiger charge is 2.17. The van der Waals surface area contributed by atoms with Crippen LogP contribution < -0.4 is 26.0 Å². The van der Waals surface area contributed by atoms with Crippen molar-refractivity contribution < 1.29 is 14.3 Å². The van der Waals surface area contributed by atoms with Crippen LogP contribution in [0.4, 0.5) is 16.2 Å². The predicted octanol–water partition coefficient (Wildman–Crippen LogP) is 2.37. The summed E-state index contributed by atoms with van der Waals surface area (Å²) < 4.78 is 5.09. The third-order valence-corrected chi connectivity index (χ3v) is 4.60. The Bertz CT molecular complexity index is 838. The van der Waals surface area contributed by atoms with E-state index < -0.39 is 5.91 Å². The van der Waals surface area contributed by atoms with Gasteiger partial charge in [-0.3, -0.25) is 4.79 Å². The second-order valence-corrected chi connectivity index (χ2v) is 6.38. The first-order chi connectivity index (χ1) is 13.1. The predicted molar refractivity (Wildman–Crippen MR) is 106 cm³/mol. The molecular weight excluding hydrogens is 344 g/mol. The maximum atomic E-state index is 12.1. The lowest BCUT2D eigenvalue weighted by Crippen LogP contribution is -2.32. The lowest BCUT2D eigenvalue weighted by Gasteiger charge is -2.19. The zero-order valence-electron chi connectivity index (χ0n) is 15.3. The quantitative estimate of drug-likeness (QED) is 0.654. The third-order valence-electron chi connectivity index (χ3n) is 4.60. The molecule has 7 heteroatoms. The number of nitrogens with one attached hydrogen (secondary N) is 2. The molecule has 3 rings (SSSR count). The Morgan fingerprint density at radius 2 is 2.04 bits per heavy atom. The Labute approximate surface area is 158 Å². The lowest BCUT2D eigenvalue weighted by molar-refractivity contribution is 0.0997. The summed E-state index contributed by atoms with van der Waals surface area (Å²) in [5, 5.41) is 5.54. The molecule has 4 N–H and O–H groups in total. The van der Waals surface area contributed by atoms with Crippen LogP contribution in [0.15, 0.2) is 42.5 Å². The van der Waals surface area contributed by atoms with E-state index in [2.05, 4.69) is 39.8 Å². The molecule has 3 amide bonds. The smallest absolute Gasteiger partial charge is 0.319 e. The van der Waals surface area contributed by atoms with Crippen LogP contribution in [0.3, 0.4) is 0 Å². The number of anilines is 2. The van der Waals surface area contributed by atoms with Crippen LogP contribution in [0.2, 0.25) is 0 Å². The highest BCUT2D eigenvalue weighted by atomic mass is 16.5. The van der Waals surface area contributed by atoms with Crippen molar-refractivity contribution in [2.45, 2.75) is 12.8 Å². The summed E-state index contributed by atoms with van der Waals surface area (Å²) in [6.45, 7) is 2.47. The highest BCUT2D eigenvalue weighted by Crippen LogP contribution is 2.27. The van der Waals surface area contributed by atoms with E-state index in [0.717, 1.165) is 25.9 Å². The number of hydrogen-bond acceptors (Lipinski definition) is 4. The molecule has 1 aliphatic rings. The Kier molecular flexibility index (Phi) is 5.80. The first-order valence-electron chi connectivity index (χ1n) is 8.94. The van der Waals surface area contributed by atoms with E-state index in [0.29, 0.717) is 18.0 Å². The number of benzene rings is 2. The molecule has 0 unspecified atom stereocenters. The van der Waals surface area contributed by atoms with Gasteiger partial charge in [-0.2, -0.15) is 0 Å². The van der Waals surface area contributed by atoms with E-state index in [1.807, 2.05) is 0 Å². The summed E-state index contributed by atoms with van der Waals surface area (Å²) in [4.78, 5) is 25.9. The molecule has 0 saturated carbocycles. The number of amides is 3. The summed E-state index contributed by atoms with van der Waals surface area (Å²) >= 11 is 0. The van der Waals surface area contributed by atoms with Crippen molar-refractivity contribution in [2.24, 2.45) is 5.73 Å². The van der Waals surface area contributed by atoms with E-state index in [1.54, 1.807) is 12.1 Å². The molecule has 142 valence electrons. The highest BCUT2D eigenvalue weighted by molar-refractivity contribution is 5.98. The van der Waals surface area contributed by atoms with Gasteiger partial charge in [-0.15, -0.1) is 0 Å². The number of nitrogens with zero attached hydrogens (tertiary/aromatic N) is 1. The molecule has 7 nitrogen and oxygen atoms in total. The van der Waals surface area contributed by atoms with Gasteiger partial charge in [-0.1, -0.05) is 18.2 Å². The van der Waals surface area contributed by atoms with Gasteiger partial charge in [0.05, 0.1) is 12.7 Å². The Morgan fingerprint density at radius 3 is 2.81 bits per heavy atom. The third kappa shape index (κ3) is 4.49. The summed E-state index contributed by atoms with van der Waals surface area (Å²) in [5.74, 6) is -0.235. The van der Waals surface area contributed by atoms with Crippen molar-refractivity contribution in [3.8, 4) is 5.75 Å². The average Bonchev–Trinajstić information content (AvgIpc) is 3.08. The number of carbonyl (C=O) groups excluding carboxylic acids is 2. The Balaban J connectivity index is 1.45. The summed E-state index contributed by atoms with van der Waals surface area (Å²) in [7, 11) is 1.46. The molecule has 27 heavy (non-hydrogen) atoms. The summed E-state index contributed by atoms with van der Waals surface area (Å²) in [6.07, 6.45) is 1.92. The molecule has 1 aliphatic heterocycles. The molecule has 1 heterocycles. The molecule has 0 bridgehead atoms. The topological polar surface area (TPSA) is 96.7 Å². The van der Waals surface area contributed by atoms with Gasteiger partial charge in [0, 0.05) is 31.0 Å². The van der Waals surface area contributed by atoms with Crippen molar-refractivity contribution in [3.05, 3.63) is 53.6 Å². The number of para-hydroxylation sites is 1. The van der Waals surface area contributed by atoms with Gasteiger partial charge in [0.2, 0.25) is 0 Å². The van der Waals surface area contributed by atoms with Crippen molar-refractivity contribution >= 4 is 23.3 Å². The standard InChI is InChI=1S/C20H24N4O3/c1-27-18-8-7-15(13-16(18)19(21)25)23-20(26)22-10-4-11-24-12-9-14-5-2-3-6-17(14)24/h2-3,5-8,13H,4,9-12H2,1H3,(H2,21,25)(H2,22,23,26). The number of ether oxygens (including phenoxy) is 1. The van der Waals surface area contributed by atoms with Crippen LogP contribution in [-0.4, -0.2) is 38.7 Å². The minimum Gasteiger partial charge on any atom is -0.496 e. The number of hydrogen-bond donors (Lipinski definition) is 3. The van der Waals surface area contributed by atoms with Gasteiger partial charge in [0.1, 0.15) is 5.75 Å². The second kappa shape index (κ2) is 8.44. The number of fused-ring (bicyclic) bond motifs is 1. The van der Waals surface area contributed by atoms with Gasteiger partial charge in [-0.25, -0.2) is 4.79 Å². The van der Waals surface area contributed by atoms with Gasteiger partial charge in [0.25, 0.3) is 5.91 Å². The van der Waals surface area contributed by atoms with Crippen LogP contribution >= 0.6 is 0 Å². The second-order valence-electron chi connectivity index (χ2n) is 6.38. The van der Waals surface area contributed by atoms with Crippen molar-refractivity contribution in [3.63, 3.8) is 0 Å². The Hall–Kier alpha value is -3.22. The fraction of sp³-hybridized carbons (Fsp3) is 0.300. The van der Waals surface area contributed by atoms with Gasteiger partial charge >= 0.3 is 6.03 Å². The molecule has 2 aromatic carbocycles. The number of carbonyl (C=O) groups is 2. The minimum absolute atomic E-state index is 0.225. The SMILES string of the molecule is COc1ccc(NC(=O)NCCCN2CCc3ccccc32)cc1C(N)=O. The fourth-order valence-corrected chi connectivity index (χ4v) is 3.26. The minimum atomic E-state index is -0.609. The average molecular weight is 368 g/mol. The van der Waals surface area contributed by atoms with E-state index in [9.17, 15) is 9.59 Å². The molecular formula is C20H24N4O3. The molecule has 0 spiro atoms. The monoisotopic (exact) mass is 368 g/mol. The van der Waals surface area contributed by atoms with Crippen molar-refractivity contribution in [1.82, 2.24) is 5.32 Å². The van der Waals surface area contributed by atoms with Crippen LogP contribution in [0.5, 0.6) is 5.75 Å². The van der Waals surface area contributed by atoms with E-state index in [4.69, 9.17) is 10.5 Å². The van der Waals surface area contributed by atoms with Crippen molar-refractivity contribution in [1.29, 1.82) is 0 Å². The number of methoxy groups -OCH3 is 1. The molecule has 0 radical (unpaired) electrons. The van der Waals surface area contributed by atoms with Gasteiger partial charge in [-0.05, 0) is 42.7 Å². The Morgan fingerprint density at radius 1 is 1.22 bits per heavy atom. The maximum absolute atomic E-state index is 12.1. The fourth-order valence-electron chi connectivity index (χ4n) is 3.26. The number of urea groups is 1. The molecule has 0 fully saturated rings. The normalized spacial score (nSPS) is 12.4. The summed E-state index contributed by atoms with van der Waals surface area (Å²) in [5.41, 5.74) is 8.71. The van der Waals surface area contributed by atoms with Gasteiger partial charge < -0.3 is 26.0 Å². The van der Waals surface area contributed by atoms with E-state index in [-0.39, 0.29) is 11.6 Å². The first-order valence-corrected chi connectivity index (χ1v) is 8.94. The van der Waals surface area contributed by atoms with Crippen LogP contribution in [0, 0.1) is 0 Å². The van der Waals surface area contributed by atoms with E-state index >= 15 is 0 Å². The van der Waals surface area contributed by atoms with E-state index in [1.165, 1.54) is 24.4 Å². The van der Waals surface area contributed by atoms with Gasteiger partial charge in [0.15, 0.2) is 0 Å². The molecule has 0 aromatic heterocycles. The number of primary amides is 1. The zero-order valence-corrected chi connectivity index (χ0v) is 15.3. The zero-order chi connectivity index (χ0) is 19.2. The van der Waals surface area contributed by atoms with Crippen LogP contribution in [0.1, 0.15) is 22.3 Å². The number of nitrogens with two attached hydrogens (primary N) is 1. The van der Waals surface area contributed by atoms with Crippen LogP contribution in [-0.2, 0) is 6.42 Å². The molecule has 0 aliphatic carbocycles. The molecule has 0 saturated heterocycles. The van der Waals surface area contributed by atoms with Crippen molar-refractivity contribution in [2.75, 3.05) is 37.0 Å². The largest absolute Gasteiger partial charge is 0.496 e. The molecule has 2 aromatic rings. The first kappa shape index (κ1) is 18.6.